The van der Waals surface area contributed by atoms with Crippen LogP contribution in [0.25, 0.3) is 5.70 Å². The van der Waals surface area contributed by atoms with E-state index in [-0.39, 0.29) is 18.6 Å². The molecule has 152 valence electrons. The van der Waals surface area contributed by atoms with Gasteiger partial charge in [0.2, 0.25) is 0 Å². The molecule has 0 radical (unpaired) electrons. The topological polar surface area (TPSA) is 35.6 Å². The number of halogens is 2. The van der Waals surface area contributed by atoms with Crippen LogP contribution in [0.4, 0.5) is 0 Å². The third kappa shape index (κ3) is 4.36. The number of hydrazine groups is 1. The molecule has 1 aliphatic heterocycles. The zero-order chi connectivity index (χ0) is 21.1. The summed E-state index contributed by atoms with van der Waals surface area (Å²) < 4.78 is 0. The van der Waals surface area contributed by atoms with Gasteiger partial charge in [-0.05, 0) is 28.8 Å². The molecule has 1 aliphatic rings. The van der Waals surface area contributed by atoms with Gasteiger partial charge < -0.3 is 0 Å². The molecule has 0 unspecified atom stereocenters. The number of hydrogen-bond acceptors (Lipinski definition) is 3. The van der Waals surface area contributed by atoms with E-state index in [2.05, 4.69) is 29.0 Å². The van der Waals surface area contributed by atoms with Crippen molar-refractivity contribution in [3.05, 3.63) is 112 Å². The lowest BCUT2D eigenvalue weighted by atomic mass is 10.1. The molecule has 1 atom stereocenters. The van der Waals surface area contributed by atoms with Crippen LogP contribution in [-0.4, -0.2) is 22.4 Å². The van der Waals surface area contributed by atoms with Gasteiger partial charge in [0.15, 0.2) is 0 Å². The summed E-state index contributed by atoms with van der Waals surface area (Å²) in [6, 6.07) is 25.3. The Hall–Kier alpha value is -2.79. The number of carbonyl (C=O) groups is 1. The van der Waals surface area contributed by atoms with Crippen molar-refractivity contribution >= 4 is 34.8 Å². The fraction of sp³-hybridized carbons (Fsp3) is 0.125. The number of benzene rings is 3. The molecule has 0 spiro atoms. The van der Waals surface area contributed by atoms with Gasteiger partial charge in [-0.1, -0.05) is 96.5 Å². The Balaban J connectivity index is 1.66. The zero-order valence-electron chi connectivity index (χ0n) is 16.3. The van der Waals surface area contributed by atoms with Crippen LogP contribution in [0.15, 0.2) is 85.4 Å². The number of amides is 1. The largest absolute Gasteiger partial charge is 0.294 e. The van der Waals surface area contributed by atoms with Crippen molar-refractivity contribution in [2.45, 2.75) is 12.7 Å². The lowest BCUT2D eigenvalue weighted by molar-refractivity contribution is -0.130. The molecule has 1 heterocycles. The first kappa shape index (κ1) is 20.5. The molecule has 0 aromatic heterocycles. The molecule has 1 saturated heterocycles. The fourth-order valence-electron chi connectivity index (χ4n) is 3.60. The fourth-order valence-corrected chi connectivity index (χ4v) is 3.91. The molecule has 30 heavy (non-hydrogen) atoms. The van der Waals surface area contributed by atoms with Gasteiger partial charge in [-0.2, -0.15) is 0 Å². The molecule has 4 nitrogen and oxygen atoms in total. The highest BCUT2D eigenvalue weighted by Gasteiger charge is 2.39. The summed E-state index contributed by atoms with van der Waals surface area (Å²) in [5.74, 6) is -0.0425. The molecule has 4 rings (SSSR count). The molecule has 3 aromatic rings. The molecule has 0 saturated carbocycles. The highest BCUT2D eigenvalue weighted by atomic mass is 35.5. The van der Waals surface area contributed by atoms with Crippen LogP contribution in [0, 0.1) is 0 Å². The third-order valence-electron chi connectivity index (χ3n) is 5.05. The normalized spacial score (nSPS) is 16.7. The van der Waals surface area contributed by atoms with Crippen molar-refractivity contribution in [1.82, 2.24) is 15.3 Å². The molecule has 0 bridgehead atoms. The first-order valence-electron chi connectivity index (χ1n) is 9.59. The Morgan fingerprint density at radius 1 is 0.967 bits per heavy atom. The van der Waals surface area contributed by atoms with E-state index in [9.17, 15) is 4.79 Å². The third-order valence-corrected chi connectivity index (χ3v) is 5.78. The van der Waals surface area contributed by atoms with E-state index in [1.165, 1.54) is 0 Å². The molecule has 1 amide bonds. The minimum absolute atomic E-state index is 0.0425. The van der Waals surface area contributed by atoms with Crippen LogP contribution in [0.1, 0.15) is 22.9 Å². The standard InChI is InChI=1S/C24H21Cl2N3O/c1-17(19-10-6-3-7-11-19)27-29-23(30)16-28(15-18-8-4-2-5-9-18)24(29)20-12-13-21(25)22(26)14-20/h2-14,24,27H,1,15-16H2/t24-/m0/s1. The Morgan fingerprint density at radius 2 is 1.63 bits per heavy atom. The Morgan fingerprint density at radius 3 is 2.30 bits per heavy atom. The second-order valence-corrected chi connectivity index (χ2v) is 7.97. The van der Waals surface area contributed by atoms with Gasteiger partial charge in [0.05, 0.1) is 22.3 Å². The highest BCUT2D eigenvalue weighted by molar-refractivity contribution is 6.42. The van der Waals surface area contributed by atoms with Gasteiger partial charge in [-0.15, -0.1) is 0 Å². The summed E-state index contributed by atoms with van der Waals surface area (Å²) >= 11 is 12.4. The minimum Gasteiger partial charge on any atom is -0.294 e. The van der Waals surface area contributed by atoms with Crippen molar-refractivity contribution in [1.29, 1.82) is 0 Å². The second-order valence-electron chi connectivity index (χ2n) is 7.16. The quantitative estimate of drug-likeness (QED) is 0.551. The summed E-state index contributed by atoms with van der Waals surface area (Å²) in [6.07, 6.45) is -0.354. The van der Waals surface area contributed by atoms with Crippen molar-refractivity contribution in [3.8, 4) is 0 Å². The lowest BCUT2D eigenvalue weighted by Gasteiger charge is -2.32. The van der Waals surface area contributed by atoms with Gasteiger partial charge in [0, 0.05) is 6.54 Å². The summed E-state index contributed by atoms with van der Waals surface area (Å²) in [4.78, 5) is 15.1. The van der Waals surface area contributed by atoms with Crippen LogP contribution < -0.4 is 5.43 Å². The Bertz CT molecular complexity index is 1060. The van der Waals surface area contributed by atoms with E-state index in [0.717, 1.165) is 16.7 Å². The van der Waals surface area contributed by atoms with Gasteiger partial charge in [-0.25, -0.2) is 5.01 Å². The maximum absolute atomic E-state index is 13.0. The van der Waals surface area contributed by atoms with Crippen LogP contribution >= 0.6 is 23.2 Å². The van der Waals surface area contributed by atoms with Crippen LogP contribution in [0.2, 0.25) is 10.0 Å². The van der Waals surface area contributed by atoms with Crippen LogP contribution in [0.5, 0.6) is 0 Å². The van der Waals surface area contributed by atoms with Crippen molar-refractivity contribution in [2.24, 2.45) is 0 Å². The SMILES string of the molecule is C=C(NN1C(=O)CN(Cc2ccccc2)[C@@H]1c1ccc(Cl)c(Cl)c1)c1ccccc1. The van der Waals surface area contributed by atoms with Crippen LogP contribution in [0.3, 0.4) is 0 Å². The number of rotatable bonds is 6. The highest BCUT2D eigenvalue weighted by Crippen LogP contribution is 2.34. The molecule has 6 heteroatoms. The van der Waals surface area contributed by atoms with Gasteiger partial charge in [-0.3, -0.25) is 15.1 Å². The van der Waals surface area contributed by atoms with Crippen molar-refractivity contribution in [2.75, 3.05) is 6.54 Å². The molecule has 0 aliphatic carbocycles. The Kier molecular flexibility index (Phi) is 6.09. The molecule has 1 fully saturated rings. The zero-order valence-corrected chi connectivity index (χ0v) is 17.8. The van der Waals surface area contributed by atoms with Gasteiger partial charge in [0.25, 0.3) is 5.91 Å². The van der Waals surface area contributed by atoms with Crippen LogP contribution in [-0.2, 0) is 11.3 Å². The second kappa shape index (κ2) is 8.92. The van der Waals surface area contributed by atoms with E-state index in [4.69, 9.17) is 23.2 Å². The average Bonchev–Trinajstić information content (AvgIpc) is 3.06. The van der Waals surface area contributed by atoms with E-state index in [0.29, 0.717) is 22.3 Å². The monoisotopic (exact) mass is 437 g/mol. The van der Waals surface area contributed by atoms with Crippen molar-refractivity contribution < 1.29 is 4.79 Å². The first-order valence-corrected chi connectivity index (χ1v) is 10.3. The predicted octanol–water partition coefficient (Wildman–Crippen LogP) is 5.51. The van der Waals surface area contributed by atoms with E-state index in [1.54, 1.807) is 11.1 Å². The molecular weight excluding hydrogens is 417 g/mol. The lowest BCUT2D eigenvalue weighted by Crippen LogP contribution is -2.41. The van der Waals surface area contributed by atoms with Gasteiger partial charge >= 0.3 is 0 Å². The van der Waals surface area contributed by atoms with E-state index < -0.39 is 0 Å². The first-order chi connectivity index (χ1) is 14.5. The molecule has 1 N–H and O–H groups in total. The number of nitrogens with one attached hydrogen (secondary N) is 1. The molecular formula is C24H21Cl2N3O. The number of hydrogen-bond donors (Lipinski definition) is 1. The maximum atomic E-state index is 13.0. The summed E-state index contributed by atoms with van der Waals surface area (Å²) in [6.45, 7) is 5.01. The van der Waals surface area contributed by atoms with Crippen molar-refractivity contribution in [3.63, 3.8) is 0 Å². The maximum Gasteiger partial charge on any atom is 0.257 e. The summed E-state index contributed by atoms with van der Waals surface area (Å²) in [7, 11) is 0. The summed E-state index contributed by atoms with van der Waals surface area (Å²) in [5, 5.41) is 2.56. The van der Waals surface area contributed by atoms with Gasteiger partial charge in [0.1, 0.15) is 6.17 Å². The number of nitrogens with zero attached hydrogens (tertiary/aromatic N) is 2. The molecule has 3 aromatic carbocycles. The van der Waals surface area contributed by atoms with E-state index in [1.807, 2.05) is 60.7 Å². The number of carbonyl (C=O) groups excluding carboxylic acids is 1. The minimum atomic E-state index is -0.354. The smallest absolute Gasteiger partial charge is 0.257 e. The van der Waals surface area contributed by atoms with E-state index >= 15 is 0 Å². The summed E-state index contributed by atoms with van der Waals surface area (Å²) in [5.41, 5.74) is 6.78. The average molecular weight is 438 g/mol. The Labute approximate surface area is 186 Å². The predicted molar refractivity (Wildman–Crippen MR) is 122 cm³/mol.